The van der Waals surface area contributed by atoms with Gasteiger partial charge in [0.2, 0.25) is 5.91 Å². The maximum Gasteiger partial charge on any atom is 0.223 e. The lowest BCUT2D eigenvalue weighted by atomic mass is 10.1. The van der Waals surface area contributed by atoms with Crippen LogP contribution in [0.5, 0.6) is 5.75 Å². The minimum Gasteiger partial charge on any atom is -0.490 e. The predicted octanol–water partition coefficient (Wildman–Crippen LogP) is 1.55. The molecule has 1 atom stereocenters. The van der Waals surface area contributed by atoms with Gasteiger partial charge in [0.25, 0.3) is 0 Å². The number of nitrogens with zero attached hydrogens (tertiary/aromatic N) is 2. The number of aromatic amines is 1. The second kappa shape index (κ2) is 8.82. The molecular formula is C22H28N4O3. The van der Waals surface area contributed by atoms with Crippen LogP contribution in [0, 0.1) is 0 Å². The summed E-state index contributed by atoms with van der Waals surface area (Å²) in [4.78, 5) is 19.3. The van der Waals surface area contributed by atoms with Gasteiger partial charge in [-0.2, -0.15) is 0 Å². The number of amides is 1. The van der Waals surface area contributed by atoms with Gasteiger partial charge in [0.1, 0.15) is 18.5 Å². The van der Waals surface area contributed by atoms with Gasteiger partial charge in [-0.05, 0) is 18.2 Å². The number of nitrogens with one attached hydrogen (secondary N) is 1. The summed E-state index contributed by atoms with van der Waals surface area (Å²) >= 11 is 0. The molecule has 1 fully saturated rings. The highest BCUT2D eigenvalue weighted by Crippen LogP contribution is 2.32. The third kappa shape index (κ3) is 4.37. The quantitative estimate of drug-likeness (QED) is 0.563. The molecule has 4 rings (SSSR count). The standard InChI is InChI=1S/C22H28N4O3/c23-9-8-21(28)26-12-10-25(11-13-26)14-16(27)15-29-20-7-3-6-19-22(20)17-4-1-2-5-18(17)24-19/h1-7,16,24,27H,8-15,23H2. The van der Waals surface area contributed by atoms with Crippen molar-refractivity contribution in [2.24, 2.45) is 5.73 Å². The van der Waals surface area contributed by atoms with Gasteiger partial charge in [-0.25, -0.2) is 0 Å². The van der Waals surface area contributed by atoms with Crippen LogP contribution in [-0.4, -0.2) is 77.8 Å². The van der Waals surface area contributed by atoms with Crippen molar-refractivity contribution in [3.05, 3.63) is 42.5 Å². The predicted molar refractivity (Wildman–Crippen MR) is 114 cm³/mol. The number of hydrogen-bond acceptors (Lipinski definition) is 5. The molecule has 1 aliphatic heterocycles. The number of fused-ring (bicyclic) bond motifs is 3. The molecule has 0 saturated carbocycles. The highest BCUT2D eigenvalue weighted by Gasteiger charge is 2.22. The molecule has 1 amide bonds. The van der Waals surface area contributed by atoms with Crippen LogP contribution < -0.4 is 10.5 Å². The summed E-state index contributed by atoms with van der Waals surface area (Å²) < 4.78 is 6.01. The molecule has 0 radical (unpaired) electrons. The van der Waals surface area contributed by atoms with E-state index >= 15 is 0 Å². The Morgan fingerprint density at radius 1 is 1.10 bits per heavy atom. The molecule has 2 heterocycles. The Morgan fingerprint density at radius 3 is 2.66 bits per heavy atom. The van der Waals surface area contributed by atoms with Gasteiger partial charge in [-0.3, -0.25) is 9.69 Å². The number of ether oxygens (including phenoxy) is 1. The first-order valence-corrected chi connectivity index (χ1v) is 10.2. The van der Waals surface area contributed by atoms with E-state index in [1.165, 1.54) is 0 Å². The molecule has 7 heteroatoms. The number of β-amino-alcohol motifs (C(OH)–C–C–N with tert-alkyl or cyclic N) is 1. The van der Waals surface area contributed by atoms with E-state index < -0.39 is 6.10 Å². The summed E-state index contributed by atoms with van der Waals surface area (Å²) in [5.41, 5.74) is 7.56. The number of nitrogens with two attached hydrogens (primary N) is 1. The zero-order valence-corrected chi connectivity index (χ0v) is 16.5. The van der Waals surface area contributed by atoms with Gasteiger partial charge >= 0.3 is 0 Å². The number of benzene rings is 2. The molecule has 1 saturated heterocycles. The van der Waals surface area contributed by atoms with Crippen molar-refractivity contribution in [1.29, 1.82) is 0 Å². The van der Waals surface area contributed by atoms with E-state index in [0.29, 0.717) is 32.6 Å². The maximum absolute atomic E-state index is 11.9. The number of carbonyl (C=O) groups is 1. The summed E-state index contributed by atoms with van der Waals surface area (Å²) in [5.74, 6) is 0.888. The molecule has 1 unspecified atom stereocenters. The van der Waals surface area contributed by atoms with Crippen molar-refractivity contribution < 1.29 is 14.6 Å². The number of rotatable bonds is 7. The van der Waals surface area contributed by atoms with Crippen molar-refractivity contribution in [3.63, 3.8) is 0 Å². The molecular weight excluding hydrogens is 368 g/mol. The van der Waals surface area contributed by atoms with Crippen LogP contribution in [0.2, 0.25) is 0 Å². The molecule has 4 N–H and O–H groups in total. The number of H-pyrrole nitrogens is 1. The lowest BCUT2D eigenvalue weighted by molar-refractivity contribution is -0.132. The second-order valence-electron chi connectivity index (χ2n) is 7.53. The average molecular weight is 396 g/mol. The van der Waals surface area contributed by atoms with E-state index in [1.807, 2.05) is 41.3 Å². The van der Waals surface area contributed by atoms with Crippen LogP contribution in [0.15, 0.2) is 42.5 Å². The minimum absolute atomic E-state index is 0.114. The average Bonchev–Trinajstić information content (AvgIpc) is 3.12. The number of aliphatic hydroxyl groups is 1. The van der Waals surface area contributed by atoms with Gasteiger partial charge < -0.3 is 25.5 Å². The third-order valence-electron chi connectivity index (χ3n) is 5.48. The molecule has 154 valence electrons. The first-order valence-electron chi connectivity index (χ1n) is 10.2. The fourth-order valence-corrected chi connectivity index (χ4v) is 3.99. The van der Waals surface area contributed by atoms with E-state index in [1.54, 1.807) is 0 Å². The largest absolute Gasteiger partial charge is 0.490 e. The number of piperazine rings is 1. The minimum atomic E-state index is -0.596. The fourth-order valence-electron chi connectivity index (χ4n) is 3.99. The van der Waals surface area contributed by atoms with E-state index in [4.69, 9.17) is 10.5 Å². The summed E-state index contributed by atoms with van der Waals surface area (Å²) in [6, 6.07) is 14.1. The normalized spacial score (nSPS) is 16.4. The highest BCUT2D eigenvalue weighted by molar-refractivity contribution is 6.10. The SMILES string of the molecule is NCCC(=O)N1CCN(CC(O)COc2cccc3[nH]c4ccccc4c23)CC1. The Labute approximate surface area is 170 Å². The monoisotopic (exact) mass is 396 g/mol. The van der Waals surface area contributed by atoms with Gasteiger partial charge in [-0.15, -0.1) is 0 Å². The summed E-state index contributed by atoms with van der Waals surface area (Å²) in [7, 11) is 0. The zero-order chi connectivity index (χ0) is 20.2. The Hall–Kier alpha value is -2.61. The van der Waals surface area contributed by atoms with E-state index in [0.717, 1.165) is 40.6 Å². The number of aliphatic hydroxyl groups excluding tert-OH is 1. The van der Waals surface area contributed by atoms with Crippen LogP contribution in [-0.2, 0) is 4.79 Å². The fraction of sp³-hybridized carbons (Fsp3) is 0.409. The molecule has 0 spiro atoms. The third-order valence-corrected chi connectivity index (χ3v) is 5.48. The molecule has 2 aromatic carbocycles. The van der Waals surface area contributed by atoms with Crippen LogP contribution in [0.4, 0.5) is 0 Å². The Balaban J connectivity index is 1.34. The summed E-state index contributed by atoms with van der Waals surface area (Å²) in [6.07, 6.45) is -0.197. The van der Waals surface area contributed by atoms with Gasteiger partial charge in [0, 0.05) is 62.0 Å². The lowest BCUT2D eigenvalue weighted by Crippen LogP contribution is -2.51. The summed E-state index contributed by atoms with van der Waals surface area (Å²) in [6.45, 7) is 4.02. The van der Waals surface area contributed by atoms with E-state index in [9.17, 15) is 9.90 Å². The molecule has 29 heavy (non-hydrogen) atoms. The number of para-hydroxylation sites is 1. The molecule has 1 aliphatic rings. The first-order chi connectivity index (χ1) is 14.2. The first kappa shape index (κ1) is 19.7. The highest BCUT2D eigenvalue weighted by atomic mass is 16.5. The Kier molecular flexibility index (Phi) is 5.99. The van der Waals surface area contributed by atoms with Crippen LogP contribution in [0.25, 0.3) is 21.8 Å². The van der Waals surface area contributed by atoms with Crippen molar-refractivity contribution in [2.45, 2.75) is 12.5 Å². The van der Waals surface area contributed by atoms with E-state index in [2.05, 4.69) is 16.0 Å². The van der Waals surface area contributed by atoms with Gasteiger partial charge in [0.15, 0.2) is 0 Å². The Morgan fingerprint density at radius 2 is 1.86 bits per heavy atom. The zero-order valence-electron chi connectivity index (χ0n) is 16.5. The topological polar surface area (TPSA) is 94.8 Å². The molecule has 3 aromatic rings. The van der Waals surface area contributed by atoms with Crippen molar-refractivity contribution in [3.8, 4) is 5.75 Å². The lowest BCUT2D eigenvalue weighted by Gasteiger charge is -2.35. The second-order valence-corrected chi connectivity index (χ2v) is 7.53. The van der Waals surface area contributed by atoms with Crippen LogP contribution >= 0.6 is 0 Å². The molecule has 0 aliphatic carbocycles. The van der Waals surface area contributed by atoms with Crippen LogP contribution in [0.3, 0.4) is 0 Å². The van der Waals surface area contributed by atoms with Crippen molar-refractivity contribution >= 4 is 27.7 Å². The molecule has 0 bridgehead atoms. The summed E-state index contributed by atoms with van der Waals surface area (Å²) in [5, 5.41) is 12.6. The number of aromatic nitrogens is 1. The van der Waals surface area contributed by atoms with Gasteiger partial charge in [0.05, 0.1) is 5.52 Å². The maximum atomic E-state index is 11.9. The number of hydrogen-bond donors (Lipinski definition) is 3. The Bertz CT molecular complexity index is 979. The van der Waals surface area contributed by atoms with Crippen molar-refractivity contribution in [1.82, 2.24) is 14.8 Å². The van der Waals surface area contributed by atoms with E-state index in [-0.39, 0.29) is 12.5 Å². The molecule has 1 aromatic heterocycles. The smallest absolute Gasteiger partial charge is 0.223 e. The van der Waals surface area contributed by atoms with Crippen LogP contribution in [0.1, 0.15) is 6.42 Å². The number of carbonyl (C=O) groups excluding carboxylic acids is 1. The molecule has 7 nitrogen and oxygen atoms in total. The van der Waals surface area contributed by atoms with Crippen molar-refractivity contribution in [2.75, 3.05) is 45.9 Å². The van der Waals surface area contributed by atoms with Gasteiger partial charge in [-0.1, -0.05) is 24.3 Å².